The minimum atomic E-state index is -0.537. The minimum absolute atomic E-state index is 0.0708. The van der Waals surface area contributed by atoms with Crippen molar-refractivity contribution >= 4 is 34.2 Å². The number of ketones is 2. The van der Waals surface area contributed by atoms with E-state index in [2.05, 4.69) is 5.32 Å². The molecule has 0 bridgehead atoms. The van der Waals surface area contributed by atoms with E-state index < -0.39 is 6.04 Å². The first-order chi connectivity index (χ1) is 8.61. The van der Waals surface area contributed by atoms with Crippen molar-refractivity contribution in [3.63, 3.8) is 0 Å². The van der Waals surface area contributed by atoms with Crippen LogP contribution >= 0.6 is 22.6 Å². The van der Waals surface area contributed by atoms with Gasteiger partial charge < -0.3 is 5.32 Å². The molecule has 0 fully saturated rings. The Balaban J connectivity index is 2.31. The highest BCUT2D eigenvalue weighted by atomic mass is 127. The standard InChI is InChI=1S/C13H9IN2O2/c14-11-2-1-8(7-15)5-10(11)13(18)12-6-9(17)3-4-16-12/h1-5,12,16H,6H2. The van der Waals surface area contributed by atoms with Crippen LogP contribution in [0.4, 0.5) is 0 Å². The van der Waals surface area contributed by atoms with Crippen LogP contribution < -0.4 is 5.32 Å². The van der Waals surface area contributed by atoms with Crippen LogP contribution in [-0.4, -0.2) is 17.6 Å². The summed E-state index contributed by atoms with van der Waals surface area (Å²) in [6.07, 6.45) is 3.07. The third-order valence-corrected chi connectivity index (χ3v) is 3.59. The number of nitrogens with one attached hydrogen (secondary N) is 1. The number of nitriles is 1. The fraction of sp³-hybridized carbons (Fsp3) is 0.154. The first-order valence-electron chi connectivity index (χ1n) is 5.31. The van der Waals surface area contributed by atoms with Gasteiger partial charge in [0.2, 0.25) is 0 Å². The summed E-state index contributed by atoms with van der Waals surface area (Å²) in [5.41, 5.74) is 0.923. The van der Waals surface area contributed by atoms with Crippen molar-refractivity contribution in [1.82, 2.24) is 5.32 Å². The smallest absolute Gasteiger partial charge is 0.186 e. The number of hydrogen-bond donors (Lipinski definition) is 1. The maximum absolute atomic E-state index is 12.3. The molecule has 18 heavy (non-hydrogen) atoms. The number of benzene rings is 1. The lowest BCUT2D eigenvalue weighted by molar-refractivity contribution is -0.115. The predicted molar refractivity (Wildman–Crippen MR) is 73.9 cm³/mol. The van der Waals surface area contributed by atoms with E-state index in [0.29, 0.717) is 11.1 Å². The molecule has 1 aromatic carbocycles. The summed E-state index contributed by atoms with van der Waals surface area (Å²) < 4.78 is 0.778. The van der Waals surface area contributed by atoms with Gasteiger partial charge in [0.05, 0.1) is 17.7 Å². The Morgan fingerprint density at radius 1 is 1.50 bits per heavy atom. The monoisotopic (exact) mass is 352 g/mol. The van der Waals surface area contributed by atoms with Crippen molar-refractivity contribution in [2.45, 2.75) is 12.5 Å². The SMILES string of the molecule is N#Cc1ccc(I)c(C(=O)C2CC(=O)C=CN2)c1. The molecule has 0 aliphatic carbocycles. The Kier molecular flexibility index (Phi) is 3.77. The third-order valence-electron chi connectivity index (χ3n) is 2.65. The molecule has 0 radical (unpaired) electrons. The number of allylic oxidation sites excluding steroid dienone is 1. The van der Waals surface area contributed by atoms with Crippen LogP contribution in [0.3, 0.4) is 0 Å². The highest BCUT2D eigenvalue weighted by molar-refractivity contribution is 14.1. The average molecular weight is 352 g/mol. The van der Waals surface area contributed by atoms with Gasteiger partial charge in [-0.1, -0.05) is 0 Å². The molecule has 0 saturated carbocycles. The summed E-state index contributed by atoms with van der Waals surface area (Å²) >= 11 is 2.05. The van der Waals surface area contributed by atoms with E-state index in [0.717, 1.165) is 3.57 Å². The quantitative estimate of drug-likeness (QED) is 0.651. The number of hydrogen-bond acceptors (Lipinski definition) is 4. The number of halogens is 1. The van der Waals surface area contributed by atoms with E-state index >= 15 is 0 Å². The second-order valence-electron chi connectivity index (χ2n) is 3.89. The summed E-state index contributed by atoms with van der Waals surface area (Å²) in [5, 5.41) is 11.7. The lowest BCUT2D eigenvalue weighted by atomic mass is 9.97. The first-order valence-corrected chi connectivity index (χ1v) is 6.39. The number of Topliss-reactive ketones (excluding diaryl/α,β-unsaturated/α-hetero) is 1. The zero-order valence-corrected chi connectivity index (χ0v) is 11.5. The van der Waals surface area contributed by atoms with Gasteiger partial charge in [-0.25, -0.2) is 0 Å². The summed E-state index contributed by atoms with van der Waals surface area (Å²) in [4.78, 5) is 23.6. The Bertz CT molecular complexity index is 587. The summed E-state index contributed by atoms with van der Waals surface area (Å²) in [6, 6.07) is 6.42. The van der Waals surface area contributed by atoms with E-state index in [1.807, 2.05) is 28.7 Å². The predicted octanol–water partition coefficient (Wildman–Crippen LogP) is 1.79. The average Bonchev–Trinajstić information content (AvgIpc) is 2.38. The van der Waals surface area contributed by atoms with Gasteiger partial charge in [-0.05, 0) is 46.9 Å². The van der Waals surface area contributed by atoms with Crippen LogP contribution in [0, 0.1) is 14.9 Å². The molecule has 90 valence electrons. The molecule has 0 spiro atoms. The normalized spacial score (nSPS) is 18.0. The van der Waals surface area contributed by atoms with E-state index in [-0.39, 0.29) is 18.0 Å². The molecule has 1 N–H and O–H groups in total. The lowest BCUT2D eigenvalue weighted by Crippen LogP contribution is -2.38. The Morgan fingerprint density at radius 3 is 2.94 bits per heavy atom. The van der Waals surface area contributed by atoms with E-state index in [9.17, 15) is 9.59 Å². The van der Waals surface area contributed by atoms with Crippen molar-refractivity contribution in [1.29, 1.82) is 5.26 Å². The van der Waals surface area contributed by atoms with Gasteiger partial charge in [-0.15, -0.1) is 0 Å². The molecule has 1 aliphatic rings. The number of rotatable bonds is 2. The summed E-state index contributed by atoms with van der Waals surface area (Å²) in [7, 11) is 0. The van der Waals surface area contributed by atoms with Crippen molar-refractivity contribution in [2.75, 3.05) is 0 Å². The van der Waals surface area contributed by atoms with Gasteiger partial charge in [0.25, 0.3) is 0 Å². The molecule has 1 unspecified atom stereocenters. The minimum Gasteiger partial charge on any atom is -0.380 e. The largest absolute Gasteiger partial charge is 0.380 e. The van der Waals surface area contributed by atoms with Crippen LogP contribution in [0.1, 0.15) is 22.3 Å². The highest BCUT2D eigenvalue weighted by Gasteiger charge is 2.25. The molecule has 5 heteroatoms. The second-order valence-corrected chi connectivity index (χ2v) is 5.06. The molecule has 2 rings (SSSR count). The highest BCUT2D eigenvalue weighted by Crippen LogP contribution is 2.18. The van der Waals surface area contributed by atoms with Crippen molar-refractivity contribution in [3.05, 3.63) is 45.2 Å². The summed E-state index contributed by atoms with van der Waals surface area (Å²) in [6.45, 7) is 0. The van der Waals surface area contributed by atoms with Crippen LogP contribution in [0.15, 0.2) is 30.5 Å². The number of carbonyl (C=O) groups excluding carboxylic acids is 2. The maximum Gasteiger partial charge on any atom is 0.186 e. The van der Waals surface area contributed by atoms with Gasteiger partial charge >= 0.3 is 0 Å². The van der Waals surface area contributed by atoms with E-state index in [4.69, 9.17) is 5.26 Å². The molecule has 1 aliphatic heterocycles. The van der Waals surface area contributed by atoms with Gasteiger partial charge in [-0.2, -0.15) is 5.26 Å². The Hall–Kier alpha value is -1.68. The zero-order chi connectivity index (χ0) is 13.1. The fourth-order valence-corrected chi connectivity index (χ4v) is 2.33. The molecule has 4 nitrogen and oxygen atoms in total. The molecule has 0 amide bonds. The molecular formula is C13H9IN2O2. The van der Waals surface area contributed by atoms with Gasteiger partial charge in [0.1, 0.15) is 0 Å². The molecular weight excluding hydrogens is 343 g/mol. The first kappa shape index (κ1) is 12.8. The number of carbonyl (C=O) groups is 2. The molecule has 0 saturated heterocycles. The Morgan fingerprint density at radius 2 is 2.28 bits per heavy atom. The maximum atomic E-state index is 12.3. The van der Waals surface area contributed by atoms with Gasteiger partial charge in [-0.3, -0.25) is 9.59 Å². The second kappa shape index (κ2) is 5.31. The van der Waals surface area contributed by atoms with Crippen LogP contribution in [0.5, 0.6) is 0 Å². The summed E-state index contributed by atoms with van der Waals surface area (Å²) in [5.74, 6) is -0.229. The van der Waals surface area contributed by atoms with Crippen molar-refractivity contribution < 1.29 is 9.59 Å². The lowest BCUT2D eigenvalue weighted by Gasteiger charge is -2.18. The van der Waals surface area contributed by atoms with E-state index in [1.165, 1.54) is 12.3 Å². The topological polar surface area (TPSA) is 70.0 Å². The van der Waals surface area contributed by atoms with Crippen LogP contribution in [0.2, 0.25) is 0 Å². The van der Waals surface area contributed by atoms with Crippen molar-refractivity contribution in [2.24, 2.45) is 0 Å². The Labute approximate surface area is 118 Å². The third kappa shape index (κ3) is 2.59. The zero-order valence-electron chi connectivity index (χ0n) is 9.31. The van der Waals surface area contributed by atoms with Gasteiger partial charge in [0, 0.05) is 21.8 Å². The van der Waals surface area contributed by atoms with Crippen molar-refractivity contribution in [3.8, 4) is 6.07 Å². The fourth-order valence-electron chi connectivity index (χ4n) is 1.73. The molecule has 1 aromatic rings. The van der Waals surface area contributed by atoms with Gasteiger partial charge in [0.15, 0.2) is 11.6 Å². The van der Waals surface area contributed by atoms with Crippen LogP contribution in [0.25, 0.3) is 0 Å². The number of nitrogens with zero attached hydrogens (tertiary/aromatic N) is 1. The molecule has 1 atom stereocenters. The van der Waals surface area contributed by atoms with Crippen LogP contribution in [-0.2, 0) is 4.79 Å². The molecule has 1 heterocycles. The molecule has 0 aromatic heterocycles. The van der Waals surface area contributed by atoms with E-state index in [1.54, 1.807) is 18.2 Å².